The summed E-state index contributed by atoms with van der Waals surface area (Å²) < 4.78 is 0. The van der Waals surface area contributed by atoms with Crippen molar-refractivity contribution in [2.75, 3.05) is 0 Å². The minimum Gasteiger partial charge on any atom is -0.392 e. The van der Waals surface area contributed by atoms with Crippen LogP contribution in [-0.4, -0.2) is 21.9 Å². The molecule has 1 aromatic rings. The maximum atomic E-state index is 12.0. The predicted molar refractivity (Wildman–Crippen MR) is 76.7 cm³/mol. The maximum Gasteiger partial charge on any atom is 0.263 e. The van der Waals surface area contributed by atoms with Gasteiger partial charge >= 0.3 is 0 Å². The molecule has 1 aliphatic rings. The molecule has 2 rings (SSSR count). The summed E-state index contributed by atoms with van der Waals surface area (Å²) in [6, 6.07) is -0.185. The van der Waals surface area contributed by atoms with Crippen molar-refractivity contribution in [1.82, 2.24) is 10.3 Å². The number of hydrogen-bond donors (Lipinski definition) is 2. The third-order valence-corrected chi connectivity index (χ3v) is 4.40. The van der Waals surface area contributed by atoms with Gasteiger partial charge in [-0.3, -0.25) is 9.78 Å². The monoisotopic (exact) mass is 283 g/mol. The Labute approximate surface area is 116 Å². The average molecular weight is 283 g/mol. The lowest BCUT2D eigenvalue weighted by Gasteiger charge is -2.30. The SMILES string of the molecule is NC(=S)C(NC(=O)c1cncs1)C1CCCCC1. The van der Waals surface area contributed by atoms with Crippen LogP contribution in [0.2, 0.25) is 0 Å². The number of carbonyl (C=O) groups excluding carboxylic acids is 1. The lowest BCUT2D eigenvalue weighted by atomic mass is 9.84. The van der Waals surface area contributed by atoms with Crippen molar-refractivity contribution in [2.45, 2.75) is 38.1 Å². The van der Waals surface area contributed by atoms with Gasteiger partial charge in [-0.15, -0.1) is 11.3 Å². The van der Waals surface area contributed by atoms with Crippen LogP contribution >= 0.6 is 23.6 Å². The molecule has 0 spiro atoms. The lowest BCUT2D eigenvalue weighted by molar-refractivity contribution is 0.0936. The van der Waals surface area contributed by atoms with Gasteiger partial charge in [-0.25, -0.2) is 0 Å². The van der Waals surface area contributed by atoms with Crippen LogP contribution in [0.5, 0.6) is 0 Å². The van der Waals surface area contributed by atoms with Gasteiger partial charge in [-0.1, -0.05) is 31.5 Å². The molecular weight excluding hydrogens is 266 g/mol. The van der Waals surface area contributed by atoms with Crippen LogP contribution in [0.15, 0.2) is 11.7 Å². The number of rotatable bonds is 4. The Balaban J connectivity index is 2.02. The zero-order chi connectivity index (χ0) is 13.0. The van der Waals surface area contributed by atoms with Crippen LogP contribution in [-0.2, 0) is 0 Å². The van der Waals surface area contributed by atoms with Crippen molar-refractivity contribution in [3.63, 3.8) is 0 Å². The molecule has 1 fully saturated rings. The lowest BCUT2D eigenvalue weighted by Crippen LogP contribution is -2.48. The first-order valence-corrected chi connectivity index (χ1v) is 7.46. The molecule has 0 aliphatic heterocycles. The van der Waals surface area contributed by atoms with E-state index in [0.29, 0.717) is 15.8 Å². The first-order chi connectivity index (χ1) is 8.68. The molecule has 1 aliphatic carbocycles. The Morgan fingerprint density at radius 2 is 2.22 bits per heavy atom. The number of aromatic nitrogens is 1. The van der Waals surface area contributed by atoms with Crippen molar-refractivity contribution in [3.8, 4) is 0 Å². The van der Waals surface area contributed by atoms with Gasteiger partial charge in [0.05, 0.1) is 22.7 Å². The number of nitrogens with one attached hydrogen (secondary N) is 1. The second-order valence-electron chi connectivity index (χ2n) is 4.62. The van der Waals surface area contributed by atoms with Crippen LogP contribution in [0, 0.1) is 5.92 Å². The number of amides is 1. The van der Waals surface area contributed by atoms with Gasteiger partial charge in [0.15, 0.2) is 0 Å². The molecule has 6 heteroatoms. The Hall–Kier alpha value is -1.01. The number of nitrogens with two attached hydrogens (primary N) is 1. The van der Waals surface area contributed by atoms with Crippen molar-refractivity contribution in [3.05, 3.63) is 16.6 Å². The molecule has 1 heterocycles. The molecule has 98 valence electrons. The first-order valence-electron chi connectivity index (χ1n) is 6.17. The maximum absolute atomic E-state index is 12.0. The van der Waals surface area contributed by atoms with Crippen LogP contribution in [0.4, 0.5) is 0 Å². The zero-order valence-corrected chi connectivity index (χ0v) is 11.7. The number of thiazole rings is 1. The minimum atomic E-state index is -0.185. The molecule has 1 atom stereocenters. The highest BCUT2D eigenvalue weighted by atomic mass is 32.1. The third kappa shape index (κ3) is 3.26. The van der Waals surface area contributed by atoms with Gasteiger partial charge in [-0.2, -0.15) is 0 Å². The number of nitrogens with zero attached hydrogens (tertiary/aromatic N) is 1. The first kappa shape index (κ1) is 13.4. The molecule has 1 saturated carbocycles. The van der Waals surface area contributed by atoms with E-state index in [4.69, 9.17) is 18.0 Å². The van der Waals surface area contributed by atoms with Crippen molar-refractivity contribution < 1.29 is 4.79 Å². The van der Waals surface area contributed by atoms with E-state index >= 15 is 0 Å². The fourth-order valence-electron chi connectivity index (χ4n) is 2.43. The van der Waals surface area contributed by atoms with E-state index in [-0.39, 0.29) is 11.9 Å². The third-order valence-electron chi connectivity index (χ3n) is 3.37. The zero-order valence-electron chi connectivity index (χ0n) is 10.1. The molecule has 0 radical (unpaired) electrons. The van der Waals surface area contributed by atoms with Gasteiger partial charge in [0.1, 0.15) is 4.88 Å². The van der Waals surface area contributed by atoms with Gasteiger partial charge in [0.2, 0.25) is 0 Å². The Bertz CT molecular complexity index is 413. The van der Waals surface area contributed by atoms with Crippen LogP contribution in [0.25, 0.3) is 0 Å². The topological polar surface area (TPSA) is 68.0 Å². The van der Waals surface area contributed by atoms with E-state index < -0.39 is 0 Å². The average Bonchev–Trinajstić information content (AvgIpc) is 2.90. The summed E-state index contributed by atoms with van der Waals surface area (Å²) in [7, 11) is 0. The van der Waals surface area contributed by atoms with E-state index in [1.807, 2.05) is 0 Å². The highest BCUT2D eigenvalue weighted by molar-refractivity contribution is 7.80. The standard InChI is InChI=1S/C12H17N3OS2/c13-11(17)10(8-4-2-1-3-5-8)15-12(16)9-6-14-7-18-9/h6-8,10H,1-5H2,(H2,13,17)(H,15,16). The Morgan fingerprint density at radius 3 is 2.78 bits per heavy atom. The second-order valence-corrected chi connectivity index (χ2v) is 5.98. The van der Waals surface area contributed by atoms with Crippen LogP contribution in [0.3, 0.4) is 0 Å². The summed E-state index contributed by atoms with van der Waals surface area (Å²) in [6.07, 6.45) is 7.40. The minimum absolute atomic E-state index is 0.124. The van der Waals surface area contributed by atoms with E-state index in [9.17, 15) is 4.79 Å². The summed E-state index contributed by atoms with van der Waals surface area (Å²) >= 11 is 6.42. The molecule has 1 unspecified atom stereocenters. The summed E-state index contributed by atoms with van der Waals surface area (Å²) in [4.78, 5) is 16.9. The van der Waals surface area contributed by atoms with Gasteiger partial charge in [-0.05, 0) is 18.8 Å². The van der Waals surface area contributed by atoms with Crippen molar-refractivity contribution in [1.29, 1.82) is 0 Å². The molecule has 0 bridgehead atoms. The second kappa shape index (κ2) is 6.24. The fraction of sp³-hybridized carbons (Fsp3) is 0.583. The molecule has 3 N–H and O–H groups in total. The van der Waals surface area contributed by atoms with E-state index in [1.54, 1.807) is 11.7 Å². The number of thiocarbonyl (C=S) groups is 1. The van der Waals surface area contributed by atoms with Gasteiger partial charge in [0.25, 0.3) is 5.91 Å². The van der Waals surface area contributed by atoms with E-state index in [2.05, 4.69) is 10.3 Å². The quantitative estimate of drug-likeness (QED) is 0.830. The van der Waals surface area contributed by atoms with Crippen molar-refractivity contribution >= 4 is 34.5 Å². The van der Waals surface area contributed by atoms with Crippen molar-refractivity contribution in [2.24, 2.45) is 11.7 Å². The molecule has 1 amide bonds. The highest BCUT2D eigenvalue weighted by Gasteiger charge is 2.27. The highest BCUT2D eigenvalue weighted by Crippen LogP contribution is 2.27. The fourth-order valence-corrected chi connectivity index (χ4v) is 3.20. The summed E-state index contributed by atoms with van der Waals surface area (Å²) in [6.45, 7) is 0. The Morgan fingerprint density at radius 1 is 1.50 bits per heavy atom. The largest absolute Gasteiger partial charge is 0.392 e. The van der Waals surface area contributed by atoms with Gasteiger partial charge < -0.3 is 11.1 Å². The van der Waals surface area contributed by atoms with Crippen LogP contribution in [0.1, 0.15) is 41.8 Å². The predicted octanol–water partition coefficient (Wildman–Crippen LogP) is 2.11. The summed E-state index contributed by atoms with van der Waals surface area (Å²) in [5.74, 6) is 0.258. The summed E-state index contributed by atoms with van der Waals surface area (Å²) in [5.41, 5.74) is 7.42. The molecule has 18 heavy (non-hydrogen) atoms. The van der Waals surface area contributed by atoms with E-state index in [0.717, 1.165) is 12.8 Å². The molecule has 1 aromatic heterocycles. The number of carbonyl (C=O) groups is 1. The summed E-state index contributed by atoms with van der Waals surface area (Å²) in [5, 5.41) is 2.95. The normalized spacial score (nSPS) is 18.2. The molecule has 4 nitrogen and oxygen atoms in total. The molecule has 0 saturated heterocycles. The van der Waals surface area contributed by atoms with Crippen LogP contribution < -0.4 is 11.1 Å². The molecule has 0 aromatic carbocycles. The van der Waals surface area contributed by atoms with E-state index in [1.165, 1.54) is 30.6 Å². The van der Waals surface area contributed by atoms with Gasteiger partial charge in [0, 0.05) is 0 Å². The Kier molecular flexibility index (Phi) is 4.66. The number of hydrogen-bond acceptors (Lipinski definition) is 4. The smallest absolute Gasteiger partial charge is 0.263 e. The molecular formula is C12H17N3OS2.